The van der Waals surface area contributed by atoms with Crippen LogP contribution in [-0.2, 0) is 5.11 Å². The van der Waals surface area contributed by atoms with Crippen LogP contribution in [0.15, 0.2) is 22.7 Å². The highest BCUT2D eigenvalue weighted by atomic mass is 79.9. The molecular weight excluding hydrogens is 268 g/mol. The monoisotopic (exact) mass is 285 g/mol. The second-order valence-corrected chi connectivity index (χ2v) is 11.7. The van der Waals surface area contributed by atoms with E-state index in [1.807, 2.05) is 12.1 Å². The summed E-state index contributed by atoms with van der Waals surface area (Å²) in [5.41, 5.74) is 0. The molecule has 0 aliphatic carbocycles. The first-order chi connectivity index (χ1) is 6.66. The second kappa shape index (κ2) is 3.94. The van der Waals surface area contributed by atoms with Gasteiger partial charge in [-0.2, -0.15) is 0 Å². The molecule has 1 nitrogen and oxygen atoms in total. The van der Waals surface area contributed by atoms with E-state index in [0.717, 1.165) is 9.66 Å². The number of rotatable bonds is 1. The van der Waals surface area contributed by atoms with Crippen LogP contribution >= 0.6 is 15.9 Å². The molecule has 0 amide bonds. The molecule has 83 valence electrons. The molecular formula is C12H18BrOSi. The summed E-state index contributed by atoms with van der Waals surface area (Å²) in [4.78, 5) is 0. The minimum Gasteiger partial charge on any atom is -0.290 e. The average Bonchev–Trinajstić information content (AvgIpc) is 2.07. The van der Waals surface area contributed by atoms with Gasteiger partial charge in [-0.15, -0.1) is 0 Å². The SMILES string of the molecule is CC(C)(C)[Si](C)(C)c1cc(Br)ccc1[O]. The fraction of sp³-hybridized carbons (Fsp3) is 0.500. The summed E-state index contributed by atoms with van der Waals surface area (Å²) >= 11 is 3.44. The Bertz CT molecular complexity index is 366. The van der Waals surface area contributed by atoms with Crippen molar-refractivity contribution in [3.63, 3.8) is 0 Å². The minimum atomic E-state index is -1.70. The normalized spacial score (nSPS) is 12.9. The number of benzene rings is 1. The summed E-state index contributed by atoms with van der Waals surface area (Å²) in [6.07, 6.45) is 0. The molecule has 0 aliphatic heterocycles. The summed E-state index contributed by atoms with van der Waals surface area (Å²) in [5, 5.41) is 13.1. The van der Waals surface area contributed by atoms with Crippen LogP contribution < -0.4 is 5.19 Å². The average molecular weight is 286 g/mol. The van der Waals surface area contributed by atoms with Gasteiger partial charge in [0.05, 0.1) is 8.07 Å². The van der Waals surface area contributed by atoms with Crippen molar-refractivity contribution in [2.24, 2.45) is 0 Å². The van der Waals surface area contributed by atoms with Crippen molar-refractivity contribution in [1.29, 1.82) is 0 Å². The molecule has 3 heteroatoms. The summed E-state index contributed by atoms with van der Waals surface area (Å²) in [6.45, 7) is 11.2. The molecule has 0 saturated heterocycles. The molecule has 0 atom stereocenters. The molecule has 0 aromatic heterocycles. The molecule has 0 fully saturated rings. The van der Waals surface area contributed by atoms with Crippen molar-refractivity contribution >= 4 is 29.2 Å². The van der Waals surface area contributed by atoms with E-state index in [0.29, 0.717) is 0 Å². The van der Waals surface area contributed by atoms with Gasteiger partial charge >= 0.3 is 0 Å². The van der Waals surface area contributed by atoms with Crippen molar-refractivity contribution in [3.05, 3.63) is 22.7 Å². The molecule has 0 N–H and O–H groups in total. The van der Waals surface area contributed by atoms with Crippen molar-refractivity contribution in [1.82, 2.24) is 0 Å². The van der Waals surface area contributed by atoms with E-state index in [1.165, 1.54) is 0 Å². The fourth-order valence-electron chi connectivity index (χ4n) is 1.39. The maximum atomic E-state index is 11.9. The van der Waals surface area contributed by atoms with Crippen molar-refractivity contribution in [2.45, 2.75) is 38.9 Å². The van der Waals surface area contributed by atoms with Gasteiger partial charge in [-0.1, -0.05) is 49.8 Å². The smallest absolute Gasteiger partial charge is 0.177 e. The highest BCUT2D eigenvalue weighted by molar-refractivity contribution is 9.10. The Kier molecular flexibility index (Phi) is 3.36. The maximum Gasteiger partial charge on any atom is 0.177 e. The van der Waals surface area contributed by atoms with Gasteiger partial charge in [-0.05, 0) is 28.4 Å². The van der Waals surface area contributed by atoms with Crippen molar-refractivity contribution in [3.8, 4) is 5.75 Å². The topological polar surface area (TPSA) is 19.9 Å². The van der Waals surface area contributed by atoms with Gasteiger partial charge < -0.3 is 0 Å². The Hall–Kier alpha value is -0.283. The van der Waals surface area contributed by atoms with Crippen LogP contribution in [0.5, 0.6) is 5.75 Å². The van der Waals surface area contributed by atoms with Crippen LogP contribution in [0.1, 0.15) is 20.8 Å². The molecule has 1 aromatic rings. The highest BCUT2D eigenvalue weighted by Gasteiger charge is 2.39. The Morgan fingerprint density at radius 2 is 1.73 bits per heavy atom. The third-order valence-corrected chi connectivity index (χ3v) is 9.47. The molecule has 0 heterocycles. The van der Waals surface area contributed by atoms with Gasteiger partial charge in [0.15, 0.2) is 5.75 Å². The third-order valence-electron chi connectivity index (χ3n) is 3.49. The zero-order valence-corrected chi connectivity index (χ0v) is 12.6. The summed E-state index contributed by atoms with van der Waals surface area (Å²) < 4.78 is 1.00. The molecule has 15 heavy (non-hydrogen) atoms. The Morgan fingerprint density at radius 1 is 1.20 bits per heavy atom. The molecule has 0 aliphatic rings. The van der Waals surface area contributed by atoms with Gasteiger partial charge in [0.25, 0.3) is 0 Å². The lowest BCUT2D eigenvalue weighted by Crippen LogP contribution is -2.49. The summed E-state index contributed by atoms with van der Waals surface area (Å²) in [5.74, 6) is 0.185. The van der Waals surface area contributed by atoms with E-state index in [1.54, 1.807) is 6.07 Å². The van der Waals surface area contributed by atoms with Crippen LogP contribution in [0.4, 0.5) is 0 Å². The predicted molar refractivity (Wildman–Crippen MR) is 71.1 cm³/mol. The van der Waals surface area contributed by atoms with E-state index in [-0.39, 0.29) is 10.8 Å². The van der Waals surface area contributed by atoms with Gasteiger partial charge in [-0.25, -0.2) is 0 Å². The zero-order valence-electron chi connectivity index (χ0n) is 10.0. The standard InChI is InChI=1S/C12H18BrOSi/c1-12(2,3)15(4,5)11-8-9(13)6-7-10(11)14/h6-8H,1-5H3. The molecule has 0 bridgehead atoms. The molecule has 1 radical (unpaired) electrons. The van der Waals surface area contributed by atoms with E-state index in [4.69, 9.17) is 0 Å². The third kappa shape index (κ3) is 2.45. The summed E-state index contributed by atoms with van der Waals surface area (Å²) in [7, 11) is -1.70. The van der Waals surface area contributed by atoms with Crippen LogP contribution in [0.2, 0.25) is 18.1 Å². The first-order valence-electron chi connectivity index (χ1n) is 5.13. The Morgan fingerprint density at radius 3 is 2.20 bits per heavy atom. The van der Waals surface area contributed by atoms with Crippen LogP contribution in [0, 0.1) is 0 Å². The first kappa shape index (κ1) is 12.8. The molecule has 1 rings (SSSR count). The minimum absolute atomic E-state index is 0.185. The van der Waals surface area contributed by atoms with Gasteiger partial charge in [0.1, 0.15) is 0 Å². The quantitative estimate of drug-likeness (QED) is 0.686. The lowest BCUT2D eigenvalue weighted by atomic mass is 10.2. The van der Waals surface area contributed by atoms with E-state index in [9.17, 15) is 5.11 Å². The second-order valence-electron chi connectivity index (χ2n) is 5.52. The lowest BCUT2D eigenvalue weighted by Gasteiger charge is -2.37. The zero-order chi connectivity index (χ0) is 11.9. The first-order valence-corrected chi connectivity index (χ1v) is 8.92. The number of halogens is 1. The molecule has 1 aromatic carbocycles. The number of hydrogen-bond acceptors (Lipinski definition) is 0. The Labute approximate surface area is 102 Å². The van der Waals surface area contributed by atoms with E-state index < -0.39 is 8.07 Å². The largest absolute Gasteiger partial charge is 0.290 e. The predicted octanol–water partition coefficient (Wildman–Crippen LogP) is 4.31. The molecule has 0 unspecified atom stereocenters. The van der Waals surface area contributed by atoms with Crippen molar-refractivity contribution < 1.29 is 5.11 Å². The van der Waals surface area contributed by atoms with Gasteiger partial charge in [0.2, 0.25) is 0 Å². The lowest BCUT2D eigenvalue weighted by molar-refractivity contribution is 0.358. The van der Waals surface area contributed by atoms with E-state index in [2.05, 4.69) is 49.8 Å². The van der Waals surface area contributed by atoms with Gasteiger partial charge in [-0.3, -0.25) is 5.11 Å². The van der Waals surface area contributed by atoms with E-state index >= 15 is 0 Å². The molecule has 0 saturated carbocycles. The van der Waals surface area contributed by atoms with Gasteiger partial charge in [0, 0.05) is 4.47 Å². The van der Waals surface area contributed by atoms with Crippen LogP contribution in [-0.4, -0.2) is 8.07 Å². The van der Waals surface area contributed by atoms with Crippen LogP contribution in [0.25, 0.3) is 0 Å². The number of hydrogen-bond donors (Lipinski definition) is 0. The highest BCUT2D eigenvalue weighted by Crippen LogP contribution is 2.37. The fourth-order valence-corrected chi connectivity index (χ4v) is 3.99. The van der Waals surface area contributed by atoms with Crippen LogP contribution in [0.3, 0.4) is 0 Å². The summed E-state index contributed by atoms with van der Waals surface area (Å²) in [6, 6.07) is 5.48. The maximum absolute atomic E-state index is 11.9. The molecule has 0 spiro atoms. The Balaban J connectivity index is 3.32. The van der Waals surface area contributed by atoms with Crippen molar-refractivity contribution in [2.75, 3.05) is 0 Å².